The standard InChI is InChI=1S/C11H19N5O2S2/c1-19-11(4-2-3-5-11)8-15-20(17,18)9-6-13-10(16-12)14-7-9/h6-7,15H,2-5,8,12H2,1H3,(H,13,14,16). The minimum Gasteiger partial charge on any atom is -0.292 e. The van der Waals surface area contributed by atoms with Gasteiger partial charge in [0.05, 0.1) is 12.4 Å². The molecule has 1 aliphatic carbocycles. The second-order valence-electron chi connectivity index (χ2n) is 4.81. The molecule has 1 fully saturated rings. The van der Waals surface area contributed by atoms with Crippen molar-refractivity contribution in [3.8, 4) is 0 Å². The number of nitrogens with two attached hydrogens (primary N) is 1. The molecule has 1 saturated carbocycles. The topological polar surface area (TPSA) is 110 Å². The summed E-state index contributed by atoms with van der Waals surface area (Å²) in [7, 11) is -3.58. The van der Waals surface area contributed by atoms with Gasteiger partial charge in [-0.25, -0.2) is 29.0 Å². The van der Waals surface area contributed by atoms with E-state index in [2.05, 4.69) is 20.1 Å². The largest absolute Gasteiger partial charge is 0.292 e. The smallest absolute Gasteiger partial charge is 0.243 e. The Morgan fingerprint density at radius 2 is 1.95 bits per heavy atom. The average molecular weight is 317 g/mol. The highest BCUT2D eigenvalue weighted by molar-refractivity contribution is 8.00. The highest BCUT2D eigenvalue weighted by Crippen LogP contribution is 2.39. The molecular formula is C11H19N5O2S2. The first-order chi connectivity index (χ1) is 9.51. The van der Waals surface area contributed by atoms with Crippen molar-refractivity contribution in [1.29, 1.82) is 0 Å². The third-order valence-electron chi connectivity index (χ3n) is 3.60. The van der Waals surface area contributed by atoms with E-state index in [1.54, 1.807) is 11.8 Å². The van der Waals surface area contributed by atoms with E-state index in [0.29, 0.717) is 6.54 Å². The molecule has 0 aliphatic heterocycles. The van der Waals surface area contributed by atoms with Crippen LogP contribution >= 0.6 is 11.8 Å². The van der Waals surface area contributed by atoms with E-state index in [1.807, 2.05) is 6.26 Å². The molecule has 9 heteroatoms. The lowest BCUT2D eigenvalue weighted by molar-refractivity contribution is 0.550. The van der Waals surface area contributed by atoms with Crippen molar-refractivity contribution in [2.75, 3.05) is 18.2 Å². The van der Waals surface area contributed by atoms with Crippen LogP contribution in [0.5, 0.6) is 0 Å². The molecule has 1 aromatic heterocycles. The molecule has 0 unspecified atom stereocenters. The maximum Gasteiger partial charge on any atom is 0.243 e. The van der Waals surface area contributed by atoms with Crippen LogP contribution in [0, 0.1) is 0 Å². The van der Waals surface area contributed by atoms with Gasteiger partial charge >= 0.3 is 0 Å². The van der Waals surface area contributed by atoms with Crippen LogP contribution in [0.1, 0.15) is 25.7 Å². The van der Waals surface area contributed by atoms with Gasteiger partial charge in [-0.3, -0.25) is 5.43 Å². The van der Waals surface area contributed by atoms with E-state index in [9.17, 15) is 8.42 Å². The van der Waals surface area contributed by atoms with Crippen LogP contribution in [0.2, 0.25) is 0 Å². The number of thioether (sulfide) groups is 1. The van der Waals surface area contributed by atoms with Crippen molar-refractivity contribution in [2.45, 2.75) is 35.3 Å². The van der Waals surface area contributed by atoms with Gasteiger partial charge in [-0.05, 0) is 19.1 Å². The van der Waals surface area contributed by atoms with Crippen LogP contribution in [-0.4, -0.2) is 35.9 Å². The highest BCUT2D eigenvalue weighted by Gasteiger charge is 2.34. The number of hydrogen-bond acceptors (Lipinski definition) is 7. The molecule has 2 rings (SSSR count). The summed E-state index contributed by atoms with van der Waals surface area (Å²) in [6, 6.07) is 0. The second-order valence-corrected chi connectivity index (χ2v) is 7.85. The molecular weight excluding hydrogens is 298 g/mol. The Bertz CT molecular complexity index is 540. The lowest BCUT2D eigenvalue weighted by atomic mass is 10.1. The van der Waals surface area contributed by atoms with Crippen molar-refractivity contribution < 1.29 is 8.42 Å². The number of anilines is 1. The van der Waals surface area contributed by atoms with E-state index in [0.717, 1.165) is 25.7 Å². The van der Waals surface area contributed by atoms with Crippen LogP contribution in [0.3, 0.4) is 0 Å². The van der Waals surface area contributed by atoms with Crippen molar-refractivity contribution in [3.63, 3.8) is 0 Å². The lowest BCUT2D eigenvalue weighted by Crippen LogP contribution is -2.38. The SMILES string of the molecule is CSC1(CNS(=O)(=O)c2cnc(NN)nc2)CCCC1. The molecule has 0 amide bonds. The van der Waals surface area contributed by atoms with Crippen molar-refractivity contribution in [2.24, 2.45) is 5.84 Å². The fraction of sp³-hybridized carbons (Fsp3) is 0.636. The minimum atomic E-state index is -3.58. The number of nitrogen functional groups attached to an aromatic ring is 1. The van der Waals surface area contributed by atoms with Gasteiger partial charge in [0.15, 0.2) is 0 Å². The Morgan fingerprint density at radius 3 is 2.45 bits per heavy atom. The third kappa shape index (κ3) is 3.40. The van der Waals surface area contributed by atoms with Crippen LogP contribution in [0.4, 0.5) is 5.95 Å². The van der Waals surface area contributed by atoms with Crippen LogP contribution in [-0.2, 0) is 10.0 Å². The summed E-state index contributed by atoms with van der Waals surface area (Å²) in [6.45, 7) is 0.438. The number of hydrazine groups is 1. The molecule has 0 radical (unpaired) electrons. The van der Waals surface area contributed by atoms with Crippen molar-refractivity contribution in [3.05, 3.63) is 12.4 Å². The Balaban J connectivity index is 2.06. The molecule has 1 aliphatic rings. The molecule has 112 valence electrons. The Labute approximate surface area is 123 Å². The van der Waals surface area contributed by atoms with Crippen LogP contribution in [0.15, 0.2) is 17.3 Å². The monoisotopic (exact) mass is 317 g/mol. The van der Waals surface area contributed by atoms with E-state index >= 15 is 0 Å². The zero-order valence-electron chi connectivity index (χ0n) is 11.3. The maximum atomic E-state index is 12.2. The zero-order valence-corrected chi connectivity index (χ0v) is 12.9. The summed E-state index contributed by atoms with van der Waals surface area (Å²) in [5, 5.41) is 0. The third-order valence-corrected chi connectivity index (χ3v) is 6.37. The Morgan fingerprint density at radius 1 is 1.35 bits per heavy atom. The number of sulfonamides is 1. The first kappa shape index (κ1) is 15.5. The Kier molecular flexibility index (Phi) is 4.84. The van der Waals surface area contributed by atoms with Gasteiger partial charge in [0, 0.05) is 11.3 Å². The summed E-state index contributed by atoms with van der Waals surface area (Å²) in [6.07, 6.45) is 8.91. The molecule has 0 atom stereocenters. The molecule has 4 N–H and O–H groups in total. The predicted molar refractivity (Wildman–Crippen MR) is 79.7 cm³/mol. The van der Waals surface area contributed by atoms with Crippen LogP contribution < -0.4 is 16.0 Å². The first-order valence-corrected chi connectivity index (χ1v) is 9.06. The number of hydrogen-bond donors (Lipinski definition) is 3. The van der Waals surface area contributed by atoms with Crippen LogP contribution in [0.25, 0.3) is 0 Å². The minimum absolute atomic E-state index is 0.0205. The average Bonchev–Trinajstić information content (AvgIpc) is 2.95. The fourth-order valence-corrected chi connectivity index (χ4v) is 4.33. The van der Waals surface area contributed by atoms with Crippen molar-refractivity contribution >= 4 is 27.7 Å². The van der Waals surface area contributed by atoms with Gasteiger partial charge in [-0.1, -0.05) is 12.8 Å². The summed E-state index contributed by atoms with van der Waals surface area (Å²) >= 11 is 1.74. The Hall–Kier alpha value is -0.900. The van der Waals surface area contributed by atoms with Gasteiger partial charge in [0.2, 0.25) is 16.0 Å². The highest BCUT2D eigenvalue weighted by atomic mass is 32.2. The molecule has 20 heavy (non-hydrogen) atoms. The zero-order chi connectivity index (χ0) is 14.6. The van der Waals surface area contributed by atoms with E-state index in [4.69, 9.17) is 5.84 Å². The van der Waals surface area contributed by atoms with E-state index in [1.165, 1.54) is 12.4 Å². The number of nitrogens with one attached hydrogen (secondary N) is 2. The number of nitrogens with zero attached hydrogens (tertiary/aromatic N) is 2. The molecule has 7 nitrogen and oxygen atoms in total. The molecule has 0 aromatic carbocycles. The molecule has 0 saturated heterocycles. The van der Waals surface area contributed by atoms with Crippen molar-refractivity contribution in [1.82, 2.24) is 14.7 Å². The first-order valence-electron chi connectivity index (χ1n) is 6.35. The second kappa shape index (κ2) is 6.25. The molecule has 1 aromatic rings. The molecule has 1 heterocycles. The fourth-order valence-electron chi connectivity index (χ4n) is 2.31. The van der Waals surface area contributed by atoms with Gasteiger partial charge in [-0.2, -0.15) is 11.8 Å². The van der Waals surface area contributed by atoms with E-state index < -0.39 is 10.0 Å². The molecule has 0 bridgehead atoms. The van der Waals surface area contributed by atoms with Gasteiger partial charge < -0.3 is 0 Å². The maximum absolute atomic E-state index is 12.2. The number of rotatable bonds is 6. The summed E-state index contributed by atoms with van der Waals surface area (Å²) in [5.74, 6) is 5.32. The quantitative estimate of drug-likeness (QED) is 0.523. The predicted octanol–water partition coefficient (Wildman–Crippen LogP) is 0.716. The van der Waals surface area contributed by atoms with E-state index in [-0.39, 0.29) is 15.6 Å². The normalized spacial score (nSPS) is 18.1. The number of aromatic nitrogens is 2. The molecule has 0 spiro atoms. The lowest BCUT2D eigenvalue weighted by Gasteiger charge is -2.26. The van der Waals surface area contributed by atoms with Gasteiger partial charge in [-0.15, -0.1) is 0 Å². The van der Waals surface area contributed by atoms with Gasteiger partial charge in [0.25, 0.3) is 0 Å². The summed E-state index contributed by atoms with van der Waals surface area (Å²) < 4.78 is 27.1. The summed E-state index contributed by atoms with van der Waals surface area (Å²) in [5.41, 5.74) is 2.26. The summed E-state index contributed by atoms with van der Waals surface area (Å²) in [4.78, 5) is 7.67. The van der Waals surface area contributed by atoms with Gasteiger partial charge in [0.1, 0.15) is 4.90 Å².